The highest BCUT2D eigenvalue weighted by molar-refractivity contribution is 5.89. The molecule has 0 radical (unpaired) electrons. The van der Waals surface area contributed by atoms with E-state index >= 15 is 0 Å². The Labute approximate surface area is 136 Å². The summed E-state index contributed by atoms with van der Waals surface area (Å²) in [5, 5.41) is 9.76. The zero-order chi connectivity index (χ0) is 14.8. The lowest BCUT2D eigenvalue weighted by Crippen LogP contribution is -3.00. The van der Waals surface area contributed by atoms with E-state index in [1.165, 1.54) is 0 Å². The lowest BCUT2D eigenvalue weighted by Gasteiger charge is -2.03. The lowest BCUT2D eigenvalue weighted by atomic mass is 10.0. The molecule has 0 fully saturated rings. The standard InChI is InChI=1S/C16H12N2O3.BrH/c19-15-12-7-3-4-8-13(12)17-14(18-15)9-10-5-1-2-6-11(10)16(20)21;/h1-8H,9H2,(H,20,21)(H,17,18,19);1H. The molecule has 0 aliphatic carbocycles. The number of carboxylic acids is 1. The van der Waals surface area contributed by atoms with Crippen LogP contribution in [0.2, 0.25) is 0 Å². The molecule has 1 aromatic heterocycles. The minimum atomic E-state index is -0.978. The van der Waals surface area contributed by atoms with Gasteiger partial charge < -0.3 is 22.1 Å². The first-order valence-electron chi connectivity index (χ1n) is 6.49. The first-order chi connectivity index (χ1) is 10.1. The fourth-order valence-corrected chi connectivity index (χ4v) is 2.35. The number of nitrogens with one attached hydrogen (secondary N) is 2. The number of aromatic amines is 2. The summed E-state index contributed by atoms with van der Waals surface area (Å²) in [4.78, 5) is 29.1. The third-order valence-electron chi connectivity index (χ3n) is 3.34. The maximum Gasteiger partial charge on any atom is 0.343 e. The van der Waals surface area contributed by atoms with Gasteiger partial charge in [-0.3, -0.25) is 0 Å². The zero-order valence-electron chi connectivity index (χ0n) is 11.5. The molecule has 3 aromatic rings. The van der Waals surface area contributed by atoms with Crippen LogP contribution in [-0.2, 0) is 6.42 Å². The number of para-hydroxylation sites is 1. The Kier molecular flexibility index (Phi) is 4.72. The Hall–Kier alpha value is -2.47. The number of H-pyrrole nitrogens is 2. The number of hydrogen-bond donors (Lipinski definition) is 2. The van der Waals surface area contributed by atoms with Crippen molar-refractivity contribution in [2.75, 3.05) is 0 Å². The summed E-state index contributed by atoms with van der Waals surface area (Å²) < 4.78 is 0. The van der Waals surface area contributed by atoms with Crippen molar-refractivity contribution in [2.24, 2.45) is 0 Å². The van der Waals surface area contributed by atoms with Crippen molar-refractivity contribution in [1.82, 2.24) is 4.98 Å². The van der Waals surface area contributed by atoms with Crippen LogP contribution in [0.15, 0.2) is 53.3 Å². The van der Waals surface area contributed by atoms with Gasteiger partial charge in [-0.1, -0.05) is 30.3 Å². The number of carbonyl (C=O) groups is 1. The van der Waals surface area contributed by atoms with Gasteiger partial charge in [0.25, 0.3) is 5.82 Å². The van der Waals surface area contributed by atoms with Gasteiger partial charge in [-0.2, -0.15) is 0 Å². The van der Waals surface area contributed by atoms with Crippen LogP contribution in [0.5, 0.6) is 0 Å². The number of benzene rings is 2. The maximum atomic E-state index is 12.0. The van der Waals surface area contributed by atoms with Gasteiger partial charge in [-0.25, -0.2) is 19.6 Å². The van der Waals surface area contributed by atoms with Gasteiger partial charge in [0.15, 0.2) is 0 Å². The summed E-state index contributed by atoms with van der Waals surface area (Å²) in [6, 6.07) is 13.9. The van der Waals surface area contributed by atoms with E-state index in [1.54, 1.807) is 36.4 Å². The molecule has 6 heteroatoms. The van der Waals surface area contributed by atoms with Crippen LogP contribution in [0.25, 0.3) is 10.9 Å². The van der Waals surface area contributed by atoms with Crippen LogP contribution in [0.1, 0.15) is 21.7 Å². The van der Waals surface area contributed by atoms with Gasteiger partial charge in [-0.15, -0.1) is 0 Å². The molecular weight excluding hydrogens is 348 g/mol. The molecule has 1 heterocycles. The van der Waals surface area contributed by atoms with E-state index in [4.69, 9.17) is 0 Å². The van der Waals surface area contributed by atoms with Crippen LogP contribution >= 0.6 is 0 Å². The second-order valence-electron chi connectivity index (χ2n) is 4.74. The second-order valence-corrected chi connectivity index (χ2v) is 4.74. The van der Waals surface area contributed by atoms with Gasteiger partial charge in [0.05, 0.1) is 12.0 Å². The summed E-state index contributed by atoms with van der Waals surface area (Å²) >= 11 is 0. The van der Waals surface area contributed by atoms with Crippen molar-refractivity contribution in [1.29, 1.82) is 0 Å². The van der Waals surface area contributed by atoms with Gasteiger partial charge in [0.2, 0.25) is 0 Å². The number of rotatable bonds is 3. The summed E-state index contributed by atoms with van der Waals surface area (Å²) in [5.41, 5.74) is 1.42. The zero-order valence-corrected chi connectivity index (χ0v) is 13.1. The van der Waals surface area contributed by atoms with E-state index in [2.05, 4.69) is 9.97 Å². The van der Waals surface area contributed by atoms with Crippen molar-refractivity contribution < 1.29 is 31.9 Å². The van der Waals surface area contributed by atoms with E-state index < -0.39 is 5.97 Å². The van der Waals surface area contributed by atoms with Crippen LogP contribution < -0.4 is 27.5 Å². The first kappa shape index (κ1) is 15.9. The summed E-state index contributed by atoms with van der Waals surface area (Å²) in [5.74, 6) is -0.402. The normalized spacial score (nSPS) is 10.2. The Bertz CT molecular complexity index is 890. The molecule has 0 bridgehead atoms. The van der Waals surface area contributed by atoms with Gasteiger partial charge in [-0.05, 0) is 23.8 Å². The van der Waals surface area contributed by atoms with E-state index in [0.717, 1.165) is 5.52 Å². The second kappa shape index (κ2) is 6.53. The predicted molar refractivity (Wildman–Crippen MR) is 77.3 cm³/mol. The van der Waals surface area contributed by atoms with Crippen molar-refractivity contribution in [3.8, 4) is 0 Å². The molecule has 0 atom stereocenters. The molecule has 0 spiro atoms. The topological polar surface area (TPSA) is 84.3 Å². The van der Waals surface area contributed by atoms with Crippen LogP contribution in [0.4, 0.5) is 0 Å². The molecule has 0 aliphatic heterocycles. The van der Waals surface area contributed by atoms with Crippen molar-refractivity contribution in [3.05, 3.63) is 75.8 Å². The van der Waals surface area contributed by atoms with Crippen LogP contribution in [0, 0.1) is 0 Å². The van der Waals surface area contributed by atoms with Crippen molar-refractivity contribution >= 4 is 16.9 Å². The average Bonchev–Trinajstić information content (AvgIpc) is 2.47. The highest BCUT2D eigenvalue weighted by Gasteiger charge is 2.14. The third-order valence-corrected chi connectivity index (χ3v) is 3.34. The lowest BCUT2D eigenvalue weighted by molar-refractivity contribution is -0.362. The predicted octanol–water partition coefficient (Wildman–Crippen LogP) is -1.36. The molecule has 0 saturated heterocycles. The highest BCUT2D eigenvalue weighted by atomic mass is 79.9. The van der Waals surface area contributed by atoms with Crippen molar-refractivity contribution in [2.45, 2.75) is 6.42 Å². The average molecular weight is 361 g/mol. The molecule has 2 aromatic carbocycles. The highest BCUT2D eigenvalue weighted by Crippen LogP contribution is 2.12. The Morgan fingerprint density at radius 3 is 2.55 bits per heavy atom. The molecule has 0 saturated carbocycles. The van der Waals surface area contributed by atoms with E-state index in [9.17, 15) is 14.7 Å². The smallest absolute Gasteiger partial charge is 0.343 e. The SMILES string of the molecule is O=C(O)c1ccccc1Cc1[nH]c(=O)c2ccccc2[nH+]1.[Br-]. The minimum Gasteiger partial charge on any atom is -1.00 e. The number of carboxylic acid groups (broad SMARTS) is 1. The molecule has 0 amide bonds. The Balaban J connectivity index is 0.00000176. The Morgan fingerprint density at radius 1 is 1.09 bits per heavy atom. The van der Waals surface area contributed by atoms with Crippen LogP contribution in [-0.4, -0.2) is 16.1 Å². The van der Waals surface area contributed by atoms with Gasteiger partial charge in [0, 0.05) is 0 Å². The molecule has 0 unspecified atom stereocenters. The fourth-order valence-electron chi connectivity index (χ4n) is 2.35. The Morgan fingerprint density at radius 2 is 1.77 bits per heavy atom. The number of hydrogen-bond acceptors (Lipinski definition) is 2. The summed E-state index contributed by atoms with van der Waals surface area (Å²) in [6.45, 7) is 0. The monoisotopic (exact) mass is 360 g/mol. The molecule has 0 aliphatic rings. The maximum absolute atomic E-state index is 12.0. The summed E-state index contributed by atoms with van der Waals surface area (Å²) in [6.07, 6.45) is 0.322. The third kappa shape index (κ3) is 3.07. The van der Waals surface area contributed by atoms with E-state index in [1.807, 2.05) is 12.1 Å². The quantitative estimate of drug-likeness (QED) is 0.604. The van der Waals surface area contributed by atoms with Gasteiger partial charge in [0.1, 0.15) is 10.9 Å². The van der Waals surface area contributed by atoms with Crippen molar-refractivity contribution in [3.63, 3.8) is 0 Å². The molecule has 3 rings (SSSR count). The summed E-state index contributed by atoms with van der Waals surface area (Å²) in [7, 11) is 0. The molecule has 22 heavy (non-hydrogen) atoms. The van der Waals surface area contributed by atoms with Gasteiger partial charge >= 0.3 is 11.5 Å². The minimum absolute atomic E-state index is 0. The number of fused-ring (bicyclic) bond motifs is 1. The fraction of sp³-hybridized carbons (Fsp3) is 0.0625. The van der Waals surface area contributed by atoms with E-state index in [0.29, 0.717) is 23.2 Å². The van der Waals surface area contributed by atoms with E-state index in [-0.39, 0.29) is 28.1 Å². The first-order valence-corrected chi connectivity index (χ1v) is 6.49. The number of aromatic nitrogens is 2. The largest absolute Gasteiger partial charge is 1.00 e. The molecular formula is C16H13BrN2O3. The molecule has 112 valence electrons. The number of halogens is 1. The molecule has 3 N–H and O–H groups in total. The number of aromatic carboxylic acids is 1. The molecule has 5 nitrogen and oxygen atoms in total. The van der Waals surface area contributed by atoms with Crippen LogP contribution in [0.3, 0.4) is 0 Å².